The standard InChI is InChI=1S/C5H8F2O.C2H6/c1-4-2-8-3-5(4,6)7;1-2/h4H,2-3H2,1H3;1-2H3. The predicted molar refractivity (Wildman–Crippen MR) is 36.3 cm³/mol. The lowest BCUT2D eigenvalue weighted by atomic mass is 10.1. The molecule has 1 aliphatic rings. The molecular weight excluding hydrogens is 138 g/mol. The summed E-state index contributed by atoms with van der Waals surface area (Å²) in [5.74, 6) is -3.16. The van der Waals surface area contributed by atoms with Gasteiger partial charge in [0.15, 0.2) is 0 Å². The van der Waals surface area contributed by atoms with Crippen LogP contribution in [0.1, 0.15) is 20.8 Å². The smallest absolute Gasteiger partial charge is 0.275 e. The molecule has 1 fully saturated rings. The van der Waals surface area contributed by atoms with E-state index in [0.29, 0.717) is 0 Å². The fraction of sp³-hybridized carbons (Fsp3) is 1.00. The van der Waals surface area contributed by atoms with Gasteiger partial charge in [0, 0.05) is 5.92 Å². The van der Waals surface area contributed by atoms with Gasteiger partial charge in [-0.2, -0.15) is 0 Å². The van der Waals surface area contributed by atoms with Gasteiger partial charge in [-0.3, -0.25) is 0 Å². The van der Waals surface area contributed by atoms with Crippen molar-refractivity contribution in [3.05, 3.63) is 0 Å². The first-order chi connectivity index (χ1) is 4.63. The first-order valence-electron chi connectivity index (χ1n) is 3.58. The molecular formula is C7H14F2O. The third-order valence-electron chi connectivity index (χ3n) is 1.38. The first-order valence-corrected chi connectivity index (χ1v) is 3.58. The maximum absolute atomic E-state index is 12.2. The van der Waals surface area contributed by atoms with Crippen LogP contribution in [0.4, 0.5) is 8.78 Å². The van der Waals surface area contributed by atoms with Gasteiger partial charge in [0.2, 0.25) is 0 Å². The molecule has 1 rings (SSSR count). The van der Waals surface area contributed by atoms with Crippen LogP contribution in [0.5, 0.6) is 0 Å². The van der Waals surface area contributed by atoms with Crippen LogP contribution in [0, 0.1) is 5.92 Å². The van der Waals surface area contributed by atoms with Gasteiger partial charge in [0.25, 0.3) is 5.92 Å². The summed E-state index contributed by atoms with van der Waals surface area (Å²) < 4.78 is 28.9. The van der Waals surface area contributed by atoms with E-state index in [1.807, 2.05) is 13.8 Å². The molecule has 0 amide bonds. The third kappa shape index (κ3) is 2.21. The topological polar surface area (TPSA) is 9.23 Å². The summed E-state index contributed by atoms with van der Waals surface area (Å²) in [6, 6.07) is 0. The van der Waals surface area contributed by atoms with E-state index in [2.05, 4.69) is 4.74 Å². The summed E-state index contributed by atoms with van der Waals surface area (Å²) in [5, 5.41) is 0. The maximum Gasteiger partial charge on any atom is 0.275 e. The van der Waals surface area contributed by atoms with Gasteiger partial charge in [-0.15, -0.1) is 0 Å². The number of ether oxygens (including phenoxy) is 1. The molecule has 1 aliphatic heterocycles. The molecule has 1 unspecified atom stereocenters. The molecule has 0 saturated carbocycles. The van der Waals surface area contributed by atoms with Crippen molar-refractivity contribution in [2.45, 2.75) is 26.7 Å². The lowest BCUT2D eigenvalue weighted by Gasteiger charge is -2.09. The Hall–Kier alpha value is -0.180. The van der Waals surface area contributed by atoms with Gasteiger partial charge in [0.1, 0.15) is 6.61 Å². The minimum atomic E-state index is -2.57. The molecule has 1 atom stereocenters. The van der Waals surface area contributed by atoms with Gasteiger partial charge in [-0.1, -0.05) is 20.8 Å². The van der Waals surface area contributed by atoms with Gasteiger partial charge in [-0.05, 0) is 0 Å². The van der Waals surface area contributed by atoms with E-state index in [1.54, 1.807) is 0 Å². The zero-order chi connectivity index (χ0) is 8.20. The molecule has 0 aromatic carbocycles. The molecule has 10 heavy (non-hydrogen) atoms. The Balaban J connectivity index is 0.000000371. The highest BCUT2D eigenvalue weighted by atomic mass is 19.3. The average Bonchev–Trinajstić information content (AvgIpc) is 2.17. The van der Waals surface area contributed by atoms with Crippen LogP contribution in [0.3, 0.4) is 0 Å². The Kier molecular flexibility index (Phi) is 3.79. The van der Waals surface area contributed by atoms with Crippen molar-refractivity contribution in [1.29, 1.82) is 0 Å². The third-order valence-corrected chi connectivity index (χ3v) is 1.38. The van der Waals surface area contributed by atoms with Gasteiger partial charge < -0.3 is 4.74 Å². The Morgan fingerprint density at radius 1 is 1.40 bits per heavy atom. The first kappa shape index (κ1) is 9.82. The molecule has 0 spiro atoms. The molecule has 0 aromatic heterocycles. The molecule has 1 heterocycles. The highest BCUT2D eigenvalue weighted by molar-refractivity contribution is 4.77. The monoisotopic (exact) mass is 152 g/mol. The largest absolute Gasteiger partial charge is 0.375 e. The molecule has 1 nitrogen and oxygen atoms in total. The molecule has 0 radical (unpaired) electrons. The number of halogens is 2. The number of hydrogen-bond acceptors (Lipinski definition) is 1. The van der Waals surface area contributed by atoms with Crippen LogP contribution in [0.25, 0.3) is 0 Å². The van der Waals surface area contributed by atoms with Crippen LogP contribution in [0.2, 0.25) is 0 Å². The van der Waals surface area contributed by atoms with E-state index >= 15 is 0 Å². The van der Waals surface area contributed by atoms with Crippen molar-refractivity contribution < 1.29 is 13.5 Å². The summed E-state index contributed by atoms with van der Waals surface area (Å²) in [5.41, 5.74) is 0. The Morgan fingerprint density at radius 3 is 2.00 bits per heavy atom. The van der Waals surface area contributed by atoms with Crippen molar-refractivity contribution in [2.24, 2.45) is 5.92 Å². The number of rotatable bonds is 0. The molecule has 3 heteroatoms. The van der Waals surface area contributed by atoms with Crippen LogP contribution in [-0.4, -0.2) is 19.1 Å². The summed E-state index contributed by atoms with van der Waals surface area (Å²) in [7, 11) is 0. The van der Waals surface area contributed by atoms with Crippen molar-refractivity contribution in [1.82, 2.24) is 0 Å². The molecule has 0 aliphatic carbocycles. The Morgan fingerprint density at radius 2 is 1.90 bits per heavy atom. The number of hydrogen-bond donors (Lipinski definition) is 0. The van der Waals surface area contributed by atoms with Crippen molar-refractivity contribution in [3.8, 4) is 0 Å². The van der Waals surface area contributed by atoms with E-state index < -0.39 is 18.4 Å². The molecule has 62 valence electrons. The fourth-order valence-corrected chi connectivity index (χ4v) is 0.636. The highest BCUT2D eigenvalue weighted by Gasteiger charge is 2.41. The highest BCUT2D eigenvalue weighted by Crippen LogP contribution is 2.29. The maximum atomic E-state index is 12.2. The molecule has 0 N–H and O–H groups in total. The molecule has 0 bridgehead atoms. The van der Waals surface area contributed by atoms with Crippen LogP contribution < -0.4 is 0 Å². The Bertz CT molecular complexity index is 93.6. The van der Waals surface area contributed by atoms with E-state index in [-0.39, 0.29) is 6.61 Å². The van der Waals surface area contributed by atoms with E-state index in [9.17, 15) is 8.78 Å². The second kappa shape index (κ2) is 3.86. The molecule has 1 saturated heterocycles. The minimum Gasteiger partial charge on any atom is -0.375 e. The summed E-state index contributed by atoms with van der Waals surface area (Å²) in [4.78, 5) is 0. The quantitative estimate of drug-likeness (QED) is 0.517. The fourth-order valence-electron chi connectivity index (χ4n) is 0.636. The second-order valence-corrected chi connectivity index (χ2v) is 2.18. The summed E-state index contributed by atoms with van der Waals surface area (Å²) in [6.07, 6.45) is 0. The minimum absolute atomic E-state index is 0.201. The summed E-state index contributed by atoms with van der Waals surface area (Å²) >= 11 is 0. The normalized spacial score (nSPS) is 29.1. The van der Waals surface area contributed by atoms with E-state index in [1.165, 1.54) is 6.92 Å². The van der Waals surface area contributed by atoms with Crippen molar-refractivity contribution in [2.75, 3.05) is 13.2 Å². The molecule has 0 aromatic rings. The lowest BCUT2D eigenvalue weighted by molar-refractivity contribution is -0.0318. The second-order valence-electron chi connectivity index (χ2n) is 2.18. The van der Waals surface area contributed by atoms with E-state index in [4.69, 9.17) is 0 Å². The van der Waals surface area contributed by atoms with Crippen LogP contribution in [-0.2, 0) is 4.74 Å². The van der Waals surface area contributed by atoms with Crippen molar-refractivity contribution in [3.63, 3.8) is 0 Å². The Labute approximate surface area is 60.4 Å². The summed E-state index contributed by atoms with van der Waals surface area (Å²) in [6.45, 7) is 5.30. The SMILES string of the molecule is CC.CC1COCC1(F)F. The zero-order valence-corrected chi connectivity index (χ0v) is 6.66. The predicted octanol–water partition coefficient (Wildman–Crippen LogP) is 2.31. The lowest BCUT2D eigenvalue weighted by Crippen LogP contribution is -2.23. The average molecular weight is 152 g/mol. The van der Waals surface area contributed by atoms with Crippen molar-refractivity contribution >= 4 is 0 Å². The van der Waals surface area contributed by atoms with Gasteiger partial charge in [0.05, 0.1) is 6.61 Å². The van der Waals surface area contributed by atoms with E-state index in [0.717, 1.165) is 0 Å². The number of alkyl halides is 2. The van der Waals surface area contributed by atoms with Gasteiger partial charge >= 0.3 is 0 Å². The zero-order valence-electron chi connectivity index (χ0n) is 6.66. The van der Waals surface area contributed by atoms with Crippen LogP contribution in [0.15, 0.2) is 0 Å². The van der Waals surface area contributed by atoms with Gasteiger partial charge in [-0.25, -0.2) is 8.78 Å². The van der Waals surface area contributed by atoms with Crippen LogP contribution >= 0.6 is 0 Å².